The number of hydrogen-bond acceptors (Lipinski definition) is 3. The van der Waals surface area contributed by atoms with Crippen molar-refractivity contribution in [3.8, 4) is 0 Å². The minimum Gasteiger partial charge on any atom is -0.347 e. The number of likely N-dealkylation sites (tertiary alicyclic amines) is 1. The number of likely N-dealkylation sites (N-methyl/N-ethyl adjacent to an activating group) is 2. The first kappa shape index (κ1) is 12.5. The van der Waals surface area contributed by atoms with E-state index in [1.54, 1.807) is 19.0 Å². The molecule has 1 amide bonds. The lowest BCUT2D eigenvalue weighted by Gasteiger charge is -2.21. The Kier molecular flexibility index (Phi) is 4.11. The van der Waals surface area contributed by atoms with E-state index >= 15 is 0 Å². The molecule has 1 aliphatic heterocycles. The molecule has 4 nitrogen and oxygen atoms in total. The fourth-order valence-corrected chi connectivity index (χ4v) is 2.13. The molecule has 15 heavy (non-hydrogen) atoms. The molecule has 0 spiro atoms. The van der Waals surface area contributed by atoms with Crippen LogP contribution in [0.2, 0.25) is 0 Å². The van der Waals surface area contributed by atoms with Crippen molar-refractivity contribution < 1.29 is 4.79 Å². The summed E-state index contributed by atoms with van der Waals surface area (Å²) < 4.78 is 0. The van der Waals surface area contributed by atoms with E-state index in [0.29, 0.717) is 12.1 Å². The Balaban J connectivity index is 2.39. The number of carbonyl (C=O) groups excluding carboxylic acids is 1. The largest absolute Gasteiger partial charge is 0.347 e. The van der Waals surface area contributed by atoms with Crippen LogP contribution in [-0.2, 0) is 4.79 Å². The van der Waals surface area contributed by atoms with Gasteiger partial charge in [-0.15, -0.1) is 0 Å². The Hall–Kier alpha value is -0.610. The van der Waals surface area contributed by atoms with E-state index in [2.05, 4.69) is 24.2 Å². The van der Waals surface area contributed by atoms with Gasteiger partial charge < -0.3 is 15.1 Å². The molecule has 0 bridgehead atoms. The number of amides is 1. The van der Waals surface area contributed by atoms with Crippen LogP contribution < -0.4 is 5.32 Å². The third kappa shape index (κ3) is 3.18. The summed E-state index contributed by atoms with van der Waals surface area (Å²) in [5.74, 6) is 0.150. The lowest BCUT2D eigenvalue weighted by atomic mass is 10.1. The predicted octanol–water partition coefficient (Wildman–Crippen LogP) is 0.145. The molecule has 0 radical (unpaired) electrons. The standard InChI is InChI=1S/C11H23N3O/c1-8-6-10(7-14(8)5)12-9(2)11(15)13(3)4/h8-10,12H,6-7H2,1-5H3. The number of nitrogens with one attached hydrogen (secondary N) is 1. The fourth-order valence-electron chi connectivity index (χ4n) is 2.13. The summed E-state index contributed by atoms with van der Waals surface area (Å²) >= 11 is 0. The van der Waals surface area contributed by atoms with E-state index in [4.69, 9.17) is 0 Å². The van der Waals surface area contributed by atoms with Crippen molar-refractivity contribution in [2.24, 2.45) is 0 Å². The minimum atomic E-state index is -0.0799. The summed E-state index contributed by atoms with van der Waals surface area (Å²) in [4.78, 5) is 15.6. The molecular weight excluding hydrogens is 190 g/mol. The second-order valence-electron chi connectivity index (χ2n) is 4.84. The summed E-state index contributed by atoms with van der Waals surface area (Å²) in [5, 5.41) is 3.39. The van der Waals surface area contributed by atoms with E-state index in [1.165, 1.54) is 0 Å². The predicted molar refractivity (Wildman–Crippen MR) is 61.8 cm³/mol. The molecule has 3 unspecified atom stereocenters. The highest BCUT2D eigenvalue weighted by Gasteiger charge is 2.28. The number of carbonyl (C=O) groups is 1. The molecule has 88 valence electrons. The summed E-state index contributed by atoms with van der Waals surface area (Å²) in [7, 11) is 5.72. The lowest BCUT2D eigenvalue weighted by Crippen LogP contribution is -2.46. The maximum Gasteiger partial charge on any atom is 0.238 e. The third-order valence-corrected chi connectivity index (χ3v) is 3.18. The van der Waals surface area contributed by atoms with Crippen molar-refractivity contribution in [1.29, 1.82) is 0 Å². The van der Waals surface area contributed by atoms with E-state index < -0.39 is 0 Å². The Bertz CT molecular complexity index is 220. The average Bonchev–Trinajstić information content (AvgIpc) is 2.44. The van der Waals surface area contributed by atoms with Gasteiger partial charge in [0.05, 0.1) is 6.04 Å². The van der Waals surface area contributed by atoms with Crippen molar-refractivity contribution in [3.63, 3.8) is 0 Å². The van der Waals surface area contributed by atoms with Gasteiger partial charge in [-0.1, -0.05) is 0 Å². The topological polar surface area (TPSA) is 35.6 Å². The molecule has 3 atom stereocenters. The molecule has 1 N–H and O–H groups in total. The van der Waals surface area contributed by atoms with Gasteiger partial charge in [-0.2, -0.15) is 0 Å². The molecule has 0 aromatic carbocycles. The van der Waals surface area contributed by atoms with Crippen LogP contribution in [0.4, 0.5) is 0 Å². The van der Waals surface area contributed by atoms with Crippen LogP contribution in [0.5, 0.6) is 0 Å². The van der Waals surface area contributed by atoms with Gasteiger partial charge in [0.25, 0.3) is 0 Å². The highest BCUT2D eigenvalue weighted by molar-refractivity contribution is 5.80. The van der Waals surface area contributed by atoms with Gasteiger partial charge >= 0.3 is 0 Å². The molecule has 1 heterocycles. The molecule has 4 heteroatoms. The van der Waals surface area contributed by atoms with Crippen LogP contribution in [0.25, 0.3) is 0 Å². The summed E-state index contributed by atoms with van der Waals surface area (Å²) in [5.41, 5.74) is 0. The highest BCUT2D eigenvalue weighted by Crippen LogP contribution is 2.15. The molecule has 1 saturated heterocycles. The molecule has 0 aromatic rings. The van der Waals surface area contributed by atoms with Gasteiger partial charge in [-0.3, -0.25) is 4.79 Å². The quantitative estimate of drug-likeness (QED) is 0.724. The van der Waals surface area contributed by atoms with Crippen molar-refractivity contribution in [2.45, 2.75) is 38.4 Å². The molecular formula is C11H23N3O. The van der Waals surface area contributed by atoms with Crippen LogP contribution >= 0.6 is 0 Å². The van der Waals surface area contributed by atoms with Gasteiger partial charge in [-0.05, 0) is 27.3 Å². The summed E-state index contributed by atoms with van der Waals surface area (Å²) in [6.45, 7) is 5.19. The highest BCUT2D eigenvalue weighted by atomic mass is 16.2. The molecule has 1 fully saturated rings. The van der Waals surface area contributed by atoms with E-state index in [-0.39, 0.29) is 11.9 Å². The minimum absolute atomic E-state index is 0.0799. The first-order valence-electron chi connectivity index (χ1n) is 5.59. The maximum absolute atomic E-state index is 11.6. The second kappa shape index (κ2) is 4.94. The van der Waals surface area contributed by atoms with Crippen molar-refractivity contribution in [1.82, 2.24) is 15.1 Å². The van der Waals surface area contributed by atoms with E-state index in [0.717, 1.165) is 13.0 Å². The van der Waals surface area contributed by atoms with E-state index in [9.17, 15) is 4.79 Å². The van der Waals surface area contributed by atoms with Crippen LogP contribution in [0.3, 0.4) is 0 Å². The number of hydrogen-bond donors (Lipinski definition) is 1. The van der Waals surface area contributed by atoms with Crippen LogP contribution in [0, 0.1) is 0 Å². The molecule has 0 aromatic heterocycles. The van der Waals surface area contributed by atoms with Gasteiger partial charge in [0.15, 0.2) is 0 Å². The second-order valence-corrected chi connectivity index (χ2v) is 4.84. The van der Waals surface area contributed by atoms with Gasteiger partial charge in [0, 0.05) is 32.7 Å². The Morgan fingerprint density at radius 3 is 2.53 bits per heavy atom. The normalized spacial score (nSPS) is 29.1. The first-order chi connectivity index (χ1) is 6.91. The third-order valence-electron chi connectivity index (χ3n) is 3.18. The Morgan fingerprint density at radius 2 is 2.13 bits per heavy atom. The Labute approximate surface area is 92.6 Å². The summed E-state index contributed by atoms with van der Waals surface area (Å²) in [6, 6.07) is 0.983. The van der Waals surface area contributed by atoms with Crippen LogP contribution in [0.15, 0.2) is 0 Å². The number of rotatable bonds is 3. The Morgan fingerprint density at radius 1 is 1.53 bits per heavy atom. The van der Waals surface area contributed by atoms with Gasteiger partial charge in [0.2, 0.25) is 5.91 Å². The van der Waals surface area contributed by atoms with Gasteiger partial charge in [0.1, 0.15) is 0 Å². The van der Waals surface area contributed by atoms with E-state index in [1.807, 2.05) is 6.92 Å². The first-order valence-corrected chi connectivity index (χ1v) is 5.59. The molecule has 0 saturated carbocycles. The molecule has 1 aliphatic rings. The van der Waals surface area contributed by atoms with Crippen molar-refractivity contribution in [2.75, 3.05) is 27.7 Å². The van der Waals surface area contributed by atoms with Crippen LogP contribution in [-0.4, -0.2) is 61.5 Å². The zero-order valence-corrected chi connectivity index (χ0v) is 10.4. The van der Waals surface area contributed by atoms with Crippen molar-refractivity contribution in [3.05, 3.63) is 0 Å². The smallest absolute Gasteiger partial charge is 0.238 e. The molecule has 1 rings (SSSR count). The lowest BCUT2D eigenvalue weighted by molar-refractivity contribution is -0.130. The summed E-state index contributed by atoms with van der Waals surface area (Å²) in [6.07, 6.45) is 1.13. The maximum atomic E-state index is 11.6. The van der Waals surface area contributed by atoms with Crippen LogP contribution in [0.1, 0.15) is 20.3 Å². The average molecular weight is 213 g/mol. The SMILES string of the molecule is CC(NC1CC(C)N(C)C1)C(=O)N(C)C. The van der Waals surface area contributed by atoms with Gasteiger partial charge in [-0.25, -0.2) is 0 Å². The zero-order chi connectivity index (χ0) is 11.6. The fraction of sp³-hybridized carbons (Fsp3) is 0.909. The zero-order valence-electron chi connectivity index (χ0n) is 10.4. The number of nitrogens with zero attached hydrogens (tertiary/aromatic N) is 2. The monoisotopic (exact) mass is 213 g/mol. The molecule has 0 aliphatic carbocycles. The van der Waals surface area contributed by atoms with Crippen molar-refractivity contribution >= 4 is 5.91 Å².